The average molecular weight is 278 g/mol. The first-order chi connectivity index (χ1) is 8.72. The van der Waals surface area contributed by atoms with E-state index in [9.17, 15) is 5.02 Å². The van der Waals surface area contributed by atoms with E-state index in [1.165, 1.54) is 0 Å². The maximum atomic E-state index is 9.52. The first-order valence-electron chi connectivity index (χ1n) is 5.68. The number of nitrogen functional groups attached to an aromatic ring is 1. The summed E-state index contributed by atoms with van der Waals surface area (Å²) in [5, 5.41) is 9.52. The van der Waals surface area contributed by atoms with Gasteiger partial charge in [-0.15, -0.1) is 12.4 Å². The molecule has 1 aliphatic rings. The number of anilines is 1. The molecule has 0 saturated heterocycles. The van der Waals surface area contributed by atoms with Gasteiger partial charge in [0.05, 0.1) is 6.61 Å². The summed E-state index contributed by atoms with van der Waals surface area (Å²) in [7, 11) is -0.814. The van der Waals surface area contributed by atoms with Gasteiger partial charge in [0.25, 0.3) is 0 Å². The second-order valence-electron chi connectivity index (χ2n) is 4.20. The Hall–Kier alpha value is -1.69. The molecular formula is C13H13BClNO3. The average Bonchev–Trinajstić information content (AvgIpc) is 2.74. The Bertz CT molecular complexity index is 577. The van der Waals surface area contributed by atoms with Crippen LogP contribution in [0.3, 0.4) is 0 Å². The van der Waals surface area contributed by atoms with Gasteiger partial charge in [-0.2, -0.15) is 0 Å². The van der Waals surface area contributed by atoms with Gasteiger partial charge in [-0.1, -0.05) is 6.07 Å². The summed E-state index contributed by atoms with van der Waals surface area (Å²) in [6.07, 6.45) is 0. The molecule has 4 nitrogen and oxygen atoms in total. The number of nitrogens with two attached hydrogens (primary N) is 1. The molecule has 3 rings (SSSR count). The lowest BCUT2D eigenvalue weighted by atomic mass is 9.80. The van der Waals surface area contributed by atoms with E-state index in [-0.39, 0.29) is 12.4 Å². The molecule has 0 atom stereocenters. The van der Waals surface area contributed by atoms with Crippen LogP contribution in [0, 0.1) is 0 Å². The number of halogens is 1. The van der Waals surface area contributed by atoms with Crippen molar-refractivity contribution >= 4 is 30.7 Å². The van der Waals surface area contributed by atoms with E-state index in [0.29, 0.717) is 12.3 Å². The van der Waals surface area contributed by atoms with Gasteiger partial charge in [0.1, 0.15) is 11.5 Å². The molecule has 0 bridgehead atoms. The van der Waals surface area contributed by atoms with Crippen LogP contribution in [0.15, 0.2) is 42.5 Å². The second kappa shape index (κ2) is 5.53. The van der Waals surface area contributed by atoms with Gasteiger partial charge in [0.15, 0.2) is 0 Å². The molecule has 2 aromatic carbocycles. The van der Waals surface area contributed by atoms with Gasteiger partial charge >= 0.3 is 7.12 Å². The Morgan fingerprint density at radius 1 is 1.11 bits per heavy atom. The quantitative estimate of drug-likeness (QED) is 0.648. The Kier molecular flexibility index (Phi) is 4.00. The number of ether oxygens (including phenoxy) is 1. The summed E-state index contributed by atoms with van der Waals surface area (Å²) in [6.45, 7) is 0.412. The Labute approximate surface area is 117 Å². The lowest BCUT2D eigenvalue weighted by Crippen LogP contribution is -2.27. The highest BCUT2D eigenvalue weighted by Crippen LogP contribution is 2.24. The molecule has 98 valence electrons. The largest absolute Gasteiger partial charge is 0.491 e. The fraction of sp³-hybridized carbons (Fsp3) is 0.0769. The van der Waals surface area contributed by atoms with E-state index < -0.39 is 7.12 Å². The lowest BCUT2D eigenvalue weighted by Gasteiger charge is -2.07. The first kappa shape index (κ1) is 13.7. The highest BCUT2D eigenvalue weighted by molar-refractivity contribution is 6.61. The van der Waals surface area contributed by atoms with E-state index in [4.69, 9.17) is 15.1 Å². The van der Waals surface area contributed by atoms with Crippen LogP contribution in [0.5, 0.6) is 11.5 Å². The van der Waals surface area contributed by atoms with Crippen molar-refractivity contribution in [1.29, 1.82) is 0 Å². The smallest absolute Gasteiger partial charge is 0.457 e. The van der Waals surface area contributed by atoms with Crippen molar-refractivity contribution < 1.29 is 14.4 Å². The zero-order valence-corrected chi connectivity index (χ0v) is 10.9. The predicted molar refractivity (Wildman–Crippen MR) is 77.0 cm³/mol. The van der Waals surface area contributed by atoms with Crippen molar-refractivity contribution in [3.63, 3.8) is 0 Å². The number of fused-ring (bicyclic) bond motifs is 1. The molecule has 0 aliphatic carbocycles. The predicted octanol–water partition coefficient (Wildman–Crippen LogP) is 1.70. The molecule has 0 saturated carbocycles. The molecule has 0 fully saturated rings. The van der Waals surface area contributed by atoms with Crippen LogP contribution in [-0.2, 0) is 11.3 Å². The van der Waals surface area contributed by atoms with Crippen molar-refractivity contribution in [2.45, 2.75) is 6.61 Å². The van der Waals surface area contributed by atoms with Gasteiger partial charge in [-0.3, -0.25) is 0 Å². The zero-order chi connectivity index (χ0) is 12.5. The topological polar surface area (TPSA) is 64.7 Å². The maximum absolute atomic E-state index is 9.52. The Balaban J connectivity index is 0.00000133. The summed E-state index contributed by atoms with van der Waals surface area (Å²) < 4.78 is 10.8. The maximum Gasteiger partial charge on any atom is 0.491 e. The van der Waals surface area contributed by atoms with Crippen molar-refractivity contribution in [1.82, 2.24) is 0 Å². The van der Waals surface area contributed by atoms with Crippen molar-refractivity contribution in [3.8, 4) is 11.5 Å². The normalized spacial score (nSPS) is 12.8. The summed E-state index contributed by atoms with van der Waals surface area (Å²) >= 11 is 0. The SMILES string of the molecule is Cl.Nc1ccc(Oc2ccc3c(c2)COB3O)cc1. The molecule has 1 aliphatic heterocycles. The van der Waals surface area contributed by atoms with Crippen molar-refractivity contribution in [3.05, 3.63) is 48.0 Å². The fourth-order valence-corrected chi connectivity index (χ4v) is 1.94. The zero-order valence-electron chi connectivity index (χ0n) is 10.1. The molecule has 0 spiro atoms. The second-order valence-corrected chi connectivity index (χ2v) is 4.20. The lowest BCUT2D eigenvalue weighted by molar-refractivity contribution is 0.275. The summed E-state index contributed by atoms with van der Waals surface area (Å²) in [5.41, 5.74) is 8.07. The molecule has 0 radical (unpaired) electrons. The molecule has 0 unspecified atom stereocenters. The van der Waals surface area contributed by atoms with Crippen LogP contribution in [0.25, 0.3) is 0 Å². The summed E-state index contributed by atoms with van der Waals surface area (Å²) in [5.74, 6) is 1.44. The van der Waals surface area contributed by atoms with Crippen LogP contribution in [0.1, 0.15) is 5.56 Å². The number of benzene rings is 2. The highest BCUT2D eigenvalue weighted by Gasteiger charge is 2.27. The molecule has 0 aromatic heterocycles. The van der Waals surface area contributed by atoms with Crippen LogP contribution >= 0.6 is 12.4 Å². The van der Waals surface area contributed by atoms with E-state index in [1.807, 2.05) is 30.3 Å². The molecule has 1 heterocycles. The van der Waals surface area contributed by atoms with Crippen LogP contribution in [-0.4, -0.2) is 12.1 Å². The first-order valence-corrected chi connectivity index (χ1v) is 5.68. The third kappa shape index (κ3) is 2.84. The van der Waals surface area contributed by atoms with Gasteiger partial charge < -0.3 is 20.1 Å². The Morgan fingerprint density at radius 3 is 2.53 bits per heavy atom. The van der Waals surface area contributed by atoms with Gasteiger partial charge in [0.2, 0.25) is 0 Å². The number of hydrogen-bond donors (Lipinski definition) is 2. The number of rotatable bonds is 2. The van der Waals surface area contributed by atoms with Gasteiger partial charge in [0, 0.05) is 5.69 Å². The standard InChI is InChI=1S/C13H12BNO3.ClH/c15-10-1-3-11(4-2-10)18-12-5-6-13-9(7-12)8-17-14(13)16;/h1-7,16H,8,15H2;1H. The van der Waals surface area contributed by atoms with Crippen LogP contribution < -0.4 is 15.9 Å². The van der Waals surface area contributed by atoms with E-state index in [1.54, 1.807) is 12.1 Å². The van der Waals surface area contributed by atoms with E-state index in [2.05, 4.69) is 0 Å². The van der Waals surface area contributed by atoms with Gasteiger partial charge in [-0.05, 0) is 47.4 Å². The van der Waals surface area contributed by atoms with Crippen molar-refractivity contribution in [2.24, 2.45) is 0 Å². The molecular weight excluding hydrogens is 264 g/mol. The molecule has 3 N–H and O–H groups in total. The monoisotopic (exact) mass is 277 g/mol. The minimum absolute atomic E-state index is 0. The summed E-state index contributed by atoms with van der Waals surface area (Å²) in [6, 6.07) is 12.7. The number of hydrogen-bond acceptors (Lipinski definition) is 4. The third-order valence-electron chi connectivity index (χ3n) is 2.89. The fourth-order valence-electron chi connectivity index (χ4n) is 1.94. The summed E-state index contributed by atoms with van der Waals surface area (Å²) in [4.78, 5) is 0. The molecule has 0 amide bonds. The minimum atomic E-state index is -0.814. The minimum Gasteiger partial charge on any atom is -0.457 e. The molecule has 19 heavy (non-hydrogen) atoms. The van der Waals surface area contributed by atoms with Crippen LogP contribution in [0.2, 0.25) is 0 Å². The Morgan fingerprint density at radius 2 is 1.79 bits per heavy atom. The molecule has 6 heteroatoms. The van der Waals surface area contributed by atoms with Crippen LogP contribution in [0.4, 0.5) is 5.69 Å². The van der Waals surface area contributed by atoms with Gasteiger partial charge in [-0.25, -0.2) is 0 Å². The van der Waals surface area contributed by atoms with E-state index in [0.717, 1.165) is 22.5 Å². The molecule has 2 aromatic rings. The highest BCUT2D eigenvalue weighted by atomic mass is 35.5. The third-order valence-corrected chi connectivity index (χ3v) is 2.89. The van der Waals surface area contributed by atoms with E-state index >= 15 is 0 Å². The van der Waals surface area contributed by atoms with Crippen molar-refractivity contribution in [2.75, 3.05) is 5.73 Å².